The van der Waals surface area contributed by atoms with E-state index in [9.17, 15) is 19.8 Å². The van der Waals surface area contributed by atoms with E-state index in [0.717, 1.165) is 0 Å². The lowest BCUT2D eigenvalue weighted by Gasteiger charge is -2.11. The second-order valence-corrected chi connectivity index (χ2v) is 7.23. The normalized spacial score (nSPS) is 14.0. The largest absolute Gasteiger partial charge is 0.507 e. The van der Waals surface area contributed by atoms with Crippen LogP contribution in [0.3, 0.4) is 0 Å². The molecule has 0 saturated heterocycles. The number of aromatic hydroxyl groups is 2. The second-order valence-electron chi connectivity index (χ2n) is 6.84. The van der Waals surface area contributed by atoms with Crippen LogP contribution in [0.4, 0.5) is 0 Å². The molecule has 1 aliphatic rings. The number of nitrogens with one attached hydrogen (secondary N) is 1. The van der Waals surface area contributed by atoms with Crippen LogP contribution in [-0.2, 0) is 6.54 Å². The van der Waals surface area contributed by atoms with Crippen molar-refractivity contribution < 1.29 is 20.1 Å². The molecule has 0 radical (unpaired) electrons. The number of hydrogen-bond acceptors (Lipinski definition) is 7. The summed E-state index contributed by atoms with van der Waals surface area (Å²) < 4.78 is 1.41. The van der Waals surface area contributed by atoms with E-state index in [1.807, 2.05) is 0 Å². The molecule has 0 bridgehead atoms. The Labute approximate surface area is 186 Å². The number of hydrogen-bond donors (Lipinski definition) is 4. The van der Waals surface area contributed by atoms with Crippen LogP contribution in [0.2, 0.25) is 0 Å². The summed E-state index contributed by atoms with van der Waals surface area (Å²) >= 11 is 5.18. The highest BCUT2D eigenvalue weighted by Crippen LogP contribution is 2.24. The Bertz CT molecular complexity index is 1430. The van der Waals surface area contributed by atoms with Gasteiger partial charge in [0.1, 0.15) is 16.9 Å². The molecule has 3 aromatic rings. The number of H-pyrrole nitrogens is 1. The van der Waals surface area contributed by atoms with Gasteiger partial charge in [0, 0.05) is 11.8 Å². The zero-order valence-electron chi connectivity index (χ0n) is 16.4. The van der Waals surface area contributed by atoms with Crippen LogP contribution in [0.15, 0.2) is 70.2 Å². The minimum absolute atomic E-state index is 0.0248. The third kappa shape index (κ3) is 4.12. The van der Waals surface area contributed by atoms with Crippen LogP contribution < -0.4 is 5.56 Å². The monoisotopic (exact) mass is 448 g/mol. The SMILES string of the molecule is O=C(O)c1ccc(C2=NC(=Cc3c(O)n(Cc4ccccn4)c(=S)[nH]c3=O)C=C2)cc1O. The summed E-state index contributed by atoms with van der Waals surface area (Å²) in [5.74, 6) is -1.94. The van der Waals surface area contributed by atoms with Crippen molar-refractivity contribution in [3.05, 3.63) is 98.0 Å². The number of allylic oxidation sites excluding steroid dienone is 2. The minimum Gasteiger partial charge on any atom is -0.507 e. The van der Waals surface area contributed by atoms with Crippen LogP contribution in [-0.4, -0.2) is 41.5 Å². The third-order valence-corrected chi connectivity index (χ3v) is 5.05. The number of aliphatic imine (C=N–C) groups is 1. The number of carboxylic acids is 1. The summed E-state index contributed by atoms with van der Waals surface area (Å²) in [5.41, 5.74) is 1.17. The number of carbonyl (C=O) groups is 1. The van der Waals surface area contributed by atoms with Gasteiger partial charge in [-0.2, -0.15) is 0 Å². The molecule has 32 heavy (non-hydrogen) atoms. The lowest BCUT2D eigenvalue weighted by Crippen LogP contribution is -2.17. The Kier molecular flexibility index (Phi) is 5.52. The first-order chi connectivity index (χ1) is 15.3. The maximum absolute atomic E-state index is 12.4. The van der Waals surface area contributed by atoms with Crippen molar-refractivity contribution in [2.75, 3.05) is 0 Å². The van der Waals surface area contributed by atoms with E-state index in [0.29, 0.717) is 22.7 Å². The molecule has 0 aliphatic carbocycles. The molecule has 0 saturated carbocycles. The van der Waals surface area contributed by atoms with Crippen LogP contribution in [0, 0.1) is 4.77 Å². The van der Waals surface area contributed by atoms with Gasteiger partial charge in [-0.15, -0.1) is 0 Å². The summed E-state index contributed by atoms with van der Waals surface area (Å²) in [6.45, 7) is 0.165. The zero-order chi connectivity index (χ0) is 22.8. The summed E-state index contributed by atoms with van der Waals surface area (Å²) in [7, 11) is 0. The van der Waals surface area contributed by atoms with Gasteiger partial charge in [0.2, 0.25) is 5.88 Å². The predicted molar refractivity (Wildman–Crippen MR) is 120 cm³/mol. The highest BCUT2D eigenvalue weighted by Gasteiger charge is 2.16. The topological polar surface area (TPSA) is 141 Å². The van der Waals surface area contributed by atoms with Gasteiger partial charge in [-0.1, -0.05) is 12.1 Å². The van der Waals surface area contributed by atoms with Crippen LogP contribution in [0.25, 0.3) is 6.08 Å². The van der Waals surface area contributed by atoms with Crippen molar-refractivity contribution in [2.45, 2.75) is 6.54 Å². The van der Waals surface area contributed by atoms with Crippen molar-refractivity contribution in [1.82, 2.24) is 14.5 Å². The van der Waals surface area contributed by atoms with Crippen molar-refractivity contribution in [2.24, 2.45) is 4.99 Å². The van der Waals surface area contributed by atoms with E-state index in [2.05, 4.69) is 15.0 Å². The number of rotatable bonds is 5. The average molecular weight is 448 g/mol. The highest BCUT2D eigenvalue weighted by molar-refractivity contribution is 7.71. The Morgan fingerprint density at radius 2 is 2.00 bits per heavy atom. The van der Waals surface area contributed by atoms with E-state index < -0.39 is 11.5 Å². The van der Waals surface area contributed by atoms with Crippen molar-refractivity contribution in [3.63, 3.8) is 0 Å². The van der Waals surface area contributed by atoms with Crippen LogP contribution in [0.5, 0.6) is 11.6 Å². The Balaban J connectivity index is 1.70. The van der Waals surface area contributed by atoms with Crippen LogP contribution >= 0.6 is 12.2 Å². The molecule has 4 N–H and O–H groups in total. The molecule has 1 aromatic carbocycles. The van der Waals surface area contributed by atoms with Gasteiger partial charge >= 0.3 is 5.97 Å². The standard InChI is InChI=1S/C22H16N4O5S/c27-18-9-12(4-6-15(18)21(30)31)17-7-5-13(24-17)10-16-19(28)25-22(32)26(20(16)29)11-14-3-1-2-8-23-14/h1-10,27,29H,11H2,(H,30,31)(H,25,28,32). The molecule has 0 atom stereocenters. The number of aromatic nitrogens is 3. The average Bonchev–Trinajstić information content (AvgIpc) is 3.23. The fourth-order valence-electron chi connectivity index (χ4n) is 3.14. The molecule has 4 rings (SSSR count). The Morgan fingerprint density at radius 1 is 1.19 bits per heavy atom. The summed E-state index contributed by atoms with van der Waals surface area (Å²) in [6, 6.07) is 9.44. The lowest BCUT2D eigenvalue weighted by molar-refractivity contribution is 0.0693. The lowest BCUT2D eigenvalue weighted by atomic mass is 10.1. The summed E-state index contributed by atoms with van der Waals surface area (Å²) in [5, 5.41) is 29.7. The van der Waals surface area contributed by atoms with Gasteiger partial charge in [-0.25, -0.2) is 9.79 Å². The van der Waals surface area contributed by atoms with Crippen molar-refractivity contribution >= 4 is 30.0 Å². The molecular weight excluding hydrogens is 432 g/mol. The predicted octanol–water partition coefficient (Wildman–Crippen LogP) is 2.86. The molecule has 0 amide bonds. The zero-order valence-corrected chi connectivity index (χ0v) is 17.2. The smallest absolute Gasteiger partial charge is 0.339 e. The van der Waals surface area contributed by atoms with Gasteiger partial charge in [0.05, 0.1) is 23.6 Å². The number of aromatic carboxylic acids is 1. The first-order valence-electron chi connectivity index (χ1n) is 9.34. The first-order valence-corrected chi connectivity index (χ1v) is 9.75. The van der Waals surface area contributed by atoms with Gasteiger partial charge in [0.25, 0.3) is 5.56 Å². The molecule has 0 fully saturated rings. The number of pyridine rings is 1. The van der Waals surface area contributed by atoms with Gasteiger partial charge in [0.15, 0.2) is 4.77 Å². The molecule has 9 nitrogen and oxygen atoms in total. The second kappa shape index (κ2) is 8.44. The highest BCUT2D eigenvalue weighted by atomic mass is 32.1. The quantitative estimate of drug-likeness (QED) is 0.440. The number of nitrogens with zero attached hydrogens (tertiary/aromatic N) is 3. The fraction of sp³-hybridized carbons (Fsp3) is 0.0455. The van der Waals surface area contributed by atoms with E-state index in [1.165, 1.54) is 28.8 Å². The number of phenols is 1. The number of carboxylic acid groups (broad SMARTS) is 1. The van der Waals surface area contributed by atoms with Crippen molar-refractivity contribution in [1.29, 1.82) is 0 Å². The van der Waals surface area contributed by atoms with E-state index >= 15 is 0 Å². The van der Waals surface area contributed by atoms with E-state index in [4.69, 9.17) is 17.3 Å². The Hall–Kier alpha value is -4.31. The molecule has 0 spiro atoms. The Morgan fingerprint density at radius 3 is 2.69 bits per heavy atom. The van der Waals surface area contributed by atoms with Crippen LogP contribution in [0.1, 0.15) is 27.2 Å². The minimum atomic E-state index is -1.24. The van der Waals surface area contributed by atoms with Crippen molar-refractivity contribution in [3.8, 4) is 11.6 Å². The summed E-state index contributed by atoms with van der Waals surface area (Å²) in [6.07, 6.45) is 6.30. The molecular formula is C22H16N4O5S. The van der Waals surface area contributed by atoms with Gasteiger partial charge in [-0.05, 0) is 54.7 Å². The van der Waals surface area contributed by atoms with Gasteiger partial charge in [-0.3, -0.25) is 19.3 Å². The number of aromatic amines is 1. The number of benzene rings is 1. The summed E-state index contributed by atoms with van der Waals surface area (Å²) in [4.78, 5) is 34.6. The molecule has 160 valence electrons. The van der Waals surface area contributed by atoms with E-state index in [1.54, 1.807) is 36.5 Å². The fourth-order valence-corrected chi connectivity index (χ4v) is 3.39. The maximum atomic E-state index is 12.4. The third-order valence-electron chi connectivity index (χ3n) is 4.73. The molecule has 10 heteroatoms. The molecule has 3 heterocycles. The molecule has 1 aliphatic heterocycles. The molecule has 2 aromatic heterocycles. The maximum Gasteiger partial charge on any atom is 0.339 e. The first kappa shape index (κ1) is 20.9. The van der Waals surface area contributed by atoms with Gasteiger partial charge < -0.3 is 15.3 Å². The molecule has 0 unspecified atom stereocenters. The van der Waals surface area contributed by atoms with E-state index in [-0.39, 0.29) is 34.1 Å².